The average Bonchev–Trinajstić information content (AvgIpc) is 2.99. The molecule has 1 amide bonds. The summed E-state index contributed by atoms with van der Waals surface area (Å²) in [5.74, 6) is -0.831. The van der Waals surface area contributed by atoms with Crippen molar-refractivity contribution in [3.63, 3.8) is 0 Å². The normalized spacial score (nSPS) is 11.6. The first-order valence-corrected chi connectivity index (χ1v) is 13.9. The lowest BCUT2D eigenvalue weighted by Crippen LogP contribution is -2.31. The molecule has 43 heavy (non-hydrogen) atoms. The molecule has 0 aliphatic carbocycles. The van der Waals surface area contributed by atoms with Crippen LogP contribution in [-0.4, -0.2) is 37.6 Å². The van der Waals surface area contributed by atoms with E-state index in [0.29, 0.717) is 48.7 Å². The summed E-state index contributed by atoms with van der Waals surface area (Å²) in [7, 11) is 1.50. The number of alkyl halides is 3. The maximum atomic E-state index is 14.0. The smallest absolute Gasteiger partial charge is 0.419 e. The molecule has 5 nitrogen and oxygen atoms in total. The Balaban J connectivity index is 1.54. The molecule has 0 aromatic heterocycles. The van der Waals surface area contributed by atoms with E-state index in [9.17, 15) is 22.4 Å². The van der Waals surface area contributed by atoms with Gasteiger partial charge in [0.2, 0.25) is 5.91 Å². The highest BCUT2D eigenvalue weighted by Crippen LogP contribution is 2.33. The molecule has 9 heteroatoms. The van der Waals surface area contributed by atoms with Crippen LogP contribution in [0.1, 0.15) is 40.2 Å². The molecule has 4 aromatic carbocycles. The van der Waals surface area contributed by atoms with E-state index in [1.165, 1.54) is 13.2 Å². The summed E-state index contributed by atoms with van der Waals surface area (Å²) in [4.78, 5) is 13.3. The van der Waals surface area contributed by atoms with Crippen molar-refractivity contribution >= 4 is 5.91 Å². The Morgan fingerprint density at radius 2 is 1.49 bits per heavy atom. The van der Waals surface area contributed by atoms with Crippen LogP contribution in [0, 0.1) is 5.82 Å². The zero-order chi connectivity index (χ0) is 30.8. The molecule has 0 bridgehead atoms. The molecular formula is C34H34F4N2O3. The van der Waals surface area contributed by atoms with Crippen LogP contribution in [0.5, 0.6) is 11.5 Å². The zero-order valence-corrected chi connectivity index (χ0v) is 23.8. The fourth-order valence-corrected chi connectivity index (χ4v) is 5.03. The maximum absolute atomic E-state index is 14.0. The van der Waals surface area contributed by atoms with Gasteiger partial charge in [0, 0.05) is 25.6 Å². The number of carbonyl (C=O) groups excluding carboxylic acids is 1. The summed E-state index contributed by atoms with van der Waals surface area (Å²) in [5.41, 5.74) is 7.23. The minimum Gasteiger partial charge on any atom is -0.493 e. The number of ether oxygens (including phenoxy) is 2. The quantitative estimate of drug-likeness (QED) is 0.126. The third kappa shape index (κ3) is 9.06. The van der Waals surface area contributed by atoms with Crippen LogP contribution in [0.4, 0.5) is 17.6 Å². The number of hydrogen-bond donors (Lipinski definition) is 1. The van der Waals surface area contributed by atoms with E-state index in [-0.39, 0.29) is 18.9 Å². The van der Waals surface area contributed by atoms with Gasteiger partial charge in [-0.3, -0.25) is 9.69 Å². The van der Waals surface area contributed by atoms with E-state index in [1.807, 2.05) is 60.7 Å². The van der Waals surface area contributed by atoms with Crippen molar-refractivity contribution in [1.82, 2.24) is 4.90 Å². The molecule has 0 saturated carbocycles. The average molecular weight is 595 g/mol. The van der Waals surface area contributed by atoms with Crippen molar-refractivity contribution in [1.29, 1.82) is 0 Å². The minimum atomic E-state index is -4.79. The van der Waals surface area contributed by atoms with Gasteiger partial charge in [-0.25, -0.2) is 4.39 Å². The molecule has 0 unspecified atom stereocenters. The Bertz CT molecular complexity index is 1440. The monoisotopic (exact) mass is 594 g/mol. The standard InChI is InChI=1S/C34H34F4N2O3/c1-42-32-20-24(21-33(39)41)14-16-31(32)43-18-8-17-40(22-25-13-15-30(35)29(19-25)34(36,37)38)23-28(26-9-4-2-5-10-26)27-11-6-3-7-12-27/h2-7,9-16,19-20,28H,8,17-18,21-23H2,1H3,(H2,39,41). The summed E-state index contributed by atoms with van der Waals surface area (Å²) in [5, 5.41) is 0. The second kappa shape index (κ2) is 14.7. The number of rotatable bonds is 14. The van der Waals surface area contributed by atoms with Crippen LogP contribution in [0.15, 0.2) is 97.1 Å². The zero-order valence-electron chi connectivity index (χ0n) is 23.8. The number of halogens is 4. The molecule has 0 spiro atoms. The van der Waals surface area contributed by atoms with Gasteiger partial charge >= 0.3 is 6.18 Å². The van der Waals surface area contributed by atoms with Gasteiger partial charge < -0.3 is 15.2 Å². The van der Waals surface area contributed by atoms with Crippen LogP contribution >= 0.6 is 0 Å². The summed E-state index contributed by atoms with van der Waals surface area (Å²) in [6, 6.07) is 28.2. The molecule has 0 aliphatic heterocycles. The molecule has 0 heterocycles. The van der Waals surface area contributed by atoms with Crippen molar-refractivity contribution in [2.75, 3.05) is 26.8 Å². The highest BCUT2D eigenvalue weighted by atomic mass is 19.4. The van der Waals surface area contributed by atoms with Crippen LogP contribution in [-0.2, 0) is 23.9 Å². The highest BCUT2D eigenvalue weighted by Gasteiger charge is 2.34. The molecule has 0 fully saturated rings. The lowest BCUT2D eigenvalue weighted by Gasteiger charge is -2.29. The fraction of sp³-hybridized carbons (Fsp3) is 0.265. The maximum Gasteiger partial charge on any atom is 0.419 e. The number of nitrogens with two attached hydrogens (primary N) is 1. The van der Waals surface area contributed by atoms with Gasteiger partial charge in [-0.2, -0.15) is 13.2 Å². The summed E-state index contributed by atoms with van der Waals surface area (Å²) in [6.45, 7) is 1.50. The Morgan fingerprint density at radius 3 is 2.07 bits per heavy atom. The van der Waals surface area contributed by atoms with E-state index >= 15 is 0 Å². The minimum absolute atomic E-state index is 0.0521. The molecule has 2 N–H and O–H groups in total. The molecule has 0 atom stereocenters. The van der Waals surface area contributed by atoms with Crippen molar-refractivity contribution in [3.05, 3.63) is 131 Å². The molecule has 4 aromatic rings. The Kier molecular flexibility index (Phi) is 10.8. The van der Waals surface area contributed by atoms with Crippen LogP contribution in [0.25, 0.3) is 0 Å². The predicted molar refractivity (Wildman–Crippen MR) is 157 cm³/mol. The molecule has 0 saturated heterocycles. The van der Waals surface area contributed by atoms with Crippen LogP contribution in [0.3, 0.4) is 0 Å². The van der Waals surface area contributed by atoms with E-state index in [1.54, 1.807) is 18.2 Å². The van der Waals surface area contributed by atoms with E-state index < -0.39 is 23.5 Å². The van der Waals surface area contributed by atoms with Crippen LogP contribution in [0.2, 0.25) is 0 Å². The van der Waals surface area contributed by atoms with Gasteiger partial charge in [0.05, 0.1) is 25.7 Å². The van der Waals surface area contributed by atoms with E-state index in [4.69, 9.17) is 15.2 Å². The van der Waals surface area contributed by atoms with Gasteiger partial charge in [-0.15, -0.1) is 0 Å². The Labute approximate surface area is 248 Å². The number of amides is 1. The lowest BCUT2D eigenvalue weighted by atomic mass is 9.90. The number of carbonyl (C=O) groups is 1. The number of primary amides is 1. The topological polar surface area (TPSA) is 64.8 Å². The number of methoxy groups -OCH3 is 1. The SMILES string of the molecule is COc1cc(CC(N)=O)ccc1OCCCN(Cc1ccc(F)c(C(F)(F)F)c1)CC(c1ccccc1)c1ccccc1. The first-order valence-electron chi connectivity index (χ1n) is 13.9. The Morgan fingerprint density at radius 1 is 0.860 bits per heavy atom. The van der Waals surface area contributed by atoms with Crippen molar-refractivity contribution < 1.29 is 31.8 Å². The van der Waals surface area contributed by atoms with Crippen molar-refractivity contribution in [2.45, 2.75) is 31.5 Å². The van der Waals surface area contributed by atoms with E-state index in [2.05, 4.69) is 4.90 Å². The second-order valence-corrected chi connectivity index (χ2v) is 10.3. The highest BCUT2D eigenvalue weighted by molar-refractivity contribution is 5.76. The Hall–Kier alpha value is -4.37. The van der Waals surface area contributed by atoms with Gasteiger partial charge in [0.15, 0.2) is 11.5 Å². The first kappa shape index (κ1) is 31.6. The van der Waals surface area contributed by atoms with E-state index in [0.717, 1.165) is 23.3 Å². The molecule has 0 aliphatic rings. The largest absolute Gasteiger partial charge is 0.493 e. The van der Waals surface area contributed by atoms with Crippen LogP contribution < -0.4 is 15.2 Å². The molecular weight excluding hydrogens is 560 g/mol. The third-order valence-electron chi connectivity index (χ3n) is 7.07. The molecule has 226 valence electrons. The van der Waals surface area contributed by atoms with Crippen molar-refractivity contribution in [3.8, 4) is 11.5 Å². The predicted octanol–water partition coefficient (Wildman–Crippen LogP) is 6.98. The van der Waals surface area contributed by atoms with Gasteiger partial charge in [-0.05, 0) is 52.9 Å². The van der Waals surface area contributed by atoms with Gasteiger partial charge in [0.25, 0.3) is 0 Å². The van der Waals surface area contributed by atoms with Crippen molar-refractivity contribution in [2.24, 2.45) is 5.73 Å². The number of benzene rings is 4. The number of hydrogen-bond acceptors (Lipinski definition) is 4. The molecule has 0 radical (unpaired) electrons. The summed E-state index contributed by atoms with van der Waals surface area (Å²) < 4.78 is 65.8. The molecule has 4 rings (SSSR count). The summed E-state index contributed by atoms with van der Waals surface area (Å²) in [6.07, 6.45) is -4.16. The van der Waals surface area contributed by atoms with Gasteiger partial charge in [-0.1, -0.05) is 72.8 Å². The number of nitrogens with zero attached hydrogens (tertiary/aromatic N) is 1. The summed E-state index contributed by atoms with van der Waals surface area (Å²) >= 11 is 0. The third-order valence-corrected chi connectivity index (χ3v) is 7.07. The van der Waals surface area contributed by atoms with Gasteiger partial charge in [0.1, 0.15) is 5.82 Å². The fourth-order valence-electron chi connectivity index (χ4n) is 5.03. The second-order valence-electron chi connectivity index (χ2n) is 10.3. The first-order chi connectivity index (χ1) is 20.6. The lowest BCUT2D eigenvalue weighted by molar-refractivity contribution is -0.140.